The highest BCUT2D eigenvalue weighted by Crippen LogP contribution is 2.29. The summed E-state index contributed by atoms with van der Waals surface area (Å²) in [7, 11) is 0. The Morgan fingerprint density at radius 1 is 1.54 bits per heavy atom. The van der Waals surface area contributed by atoms with E-state index in [0.29, 0.717) is 19.4 Å². The molecule has 0 saturated carbocycles. The third kappa shape index (κ3) is 1.91. The maximum absolute atomic E-state index is 10.9. The standard InChI is InChI=1S/C8H14N2O3/c1-8(6(11)12)3-2-4-10(5-8)7(9)13/h2-5H2,1H3,(H2,9,13)(H,11,12). The van der Waals surface area contributed by atoms with Gasteiger partial charge in [-0.05, 0) is 19.8 Å². The van der Waals surface area contributed by atoms with Gasteiger partial charge >= 0.3 is 12.0 Å². The summed E-state index contributed by atoms with van der Waals surface area (Å²) in [5.74, 6) is -0.863. The second-order valence-electron chi connectivity index (χ2n) is 3.73. The van der Waals surface area contributed by atoms with Crippen LogP contribution in [0, 0.1) is 5.41 Å². The van der Waals surface area contributed by atoms with Gasteiger partial charge in [-0.2, -0.15) is 0 Å². The Morgan fingerprint density at radius 2 is 2.15 bits per heavy atom. The van der Waals surface area contributed by atoms with Crippen molar-refractivity contribution in [3.8, 4) is 0 Å². The first-order valence-corrected chi connectivity index (χ1v) is 4.23. The van der Waals surface area contributed by atoms with E-state index in [1.54, 1.807) is 6.92 Å². The van der Waals surface area contributed by atoms with Gasteiger partial charge in [-0.3, -0.25) is 4.79 Å². The highest BCUT2D eigenvalue weighted by atomic mass is 16.4. The largest absolute Gasteiger partial charge is 0.481 e. The number of carboxylic acid groups (broad SMARTS) is 1. The number of hydrogen-bond donors (Lipinski definition) is 2. The number of carboxylic acids is 1. The number of amides is 2. The molecular formula is C8H14N2O3. The summed E-state index contributed by atoms with van der Waals surface area (Å²) < 4.78 is 0. The summed E-state index contributed by atoms with van der Waals surface area (Å²) in [6, 6.07) is -0.535. The number of rotatable bonds is 1. The summed E-state index contributed by atoms with van der Waals surface area (Å²) in [5, 5.41) is 8.92. The summed E-state index contributed by atoms with van der Waals surface area (Å²) in [6.07, 6.45) is 1.30. The molecule has 0 aromatic carbocycles. The zero-order valence-electron chi connectivity index (χ0n) is 7.62. The minimum absolute atomic E-state index is 0.220. The first kappa shape index (κ1) is 9.83. The van der Waals surface area contributed by atoms with Crippen molar-refractivity contribution in [2.24, 2.45) is 11.1 Å². The van der Waals surface area contributed by atoms with Crippen LogP contribution in [0.4, 0.5) is 4.79 Å². The van der Waals surface area contributed by atoms with Crippen molar-refractivity contribution in [2.75, 3.05) is 13.1 Å². The van der Waals surface area contributed by atoms with Crippen LogP contribution in [-0.2, 0) is 4.79 Å². The first-order valence-electron chi connectivity index (χ1n) is 4.23. The van der Waals surface area contributed by atoms with Gasteiger partial charge < -0.3 is 15.7 Å². The number of hydrogen-bond acceptors (Lipinski definition) is 2. The molecule has 1 rings (SSSR count). The van der Waals surface area contributed by atoms with Crippen LogP contribution in [0.2, 0.25) is 0 Å². The van der Waals surface area contributed by atoms with Crippen molar-refractivity contribution < 1.29 is 14.7 Å². The second kappa shape index (κ2) is 3.24. The fourth-order valence-electron chi connectivity index (χ4n) is 1.60. The molecule has 0 aromatic rings. The molecule has 0 aliphatic carbocycles. The average Bonchev–Trinajstić information content (AvgIpc) is 2.04. The molecule has 1 unspecified atom stereocenters. The maximum Gasteiger partial charge on any atom is 0.314 e. The van der Waals surface area contributed by atoms with Gasteiger partial charge in [0.25, 0.3) is 0 Å². The lowest BCUT2D eigenvalue weighted by Crippen LogP contribution is -2.50. The fourth-order valence-corrected chi connectivity index (χ4v) is 1.60. The molecule has 1 heterocycles. The number of carbonyl (C=O) groups excluding carboxylic acids is 1. The van der Waals surface area contributed by atoms with Crippen LogP contribution in [0.5, 0.6) is 0 Å². The van der Waals surface area contributed by atoms with Gasteiger partial charge in [-0.1, -0.05) is 0 Å². The van der Waals surface area contributed by atoms with E-state index in [4.69, 9.17) is 10.8 Å². The van der Waals surface area contributed by atoms with Crippen LogP contribution in [0.15, 0.2) is 0 Å². The summed E-state index contributed by atoms with van der Waals surface area (Å²) in [6.45, 7) is 2.43. The molecule has 1 saturated heterocycles. The topological polar surface area (TPSA) is 83.6 Å². The molecule has 0 radical (unpaired) electrons. The number of primary amides is 1. The van der Waals surface area contributed by atoms with E-state index < -0.39 is 17.4 Å². The molecule has 3 N–H and O–H groups in total. The minimum Gasteiger partial charge on any atom is -0.481 e. The molecular weight excluding hydrogens is 172 g/mol. The molecule has 13 heavy (non-hydrogen) atoms. The molecule has 1 fully saturated rings. The van der Waals surface area contributed by atoms with Crippen LogP contribution in [-0.4, -0.2) is 35.1 Å². The van der Waals surface area contributed by atoms with E-state index in [1.165, 1.54) is 4.90 Å². The number of nitrogens with zero attached hydrogens (tertiary/aromatic N) is 1. The van der Waals surface area contributed by atoms with E-state index in [-0.39, 0.29) is 6.54 Å². The maximum atomic E-state index is 10.9. The molecule has 0 bridgehead atoms. The summed E-state index contributed by atoms with van der Waals surface area (Å²) in [5.41, 5.74) is 4.26. The normalized spacial score (nSPS) is 28.5. The van der Waals surface area contributed by atoms with E-state index in [1.807, 2.05) is 0 Å². The zero-order chi connectivity index (χ0) is 10.1. The third-order valence-corrected chi connectivity index (χ3v) is 2.52. The Hall–Kier alpha value is -1.26. The monoisotopic (exact) mass is 186 g/mol. The zero-order valence-corrected chi connectivity index (χ0v) is 7.62. The van der Waals surface area contributed by atoms with Crippen molar-refractivity contribution in [3.05, 3.63) is 0 Å². The molecule has 5 nitrogen and oxygen atoms in total. The quantitative estimate of drug-likeness (QED) is 0.615. The lowest BCUT2D eigenvalue weighted by Gasteiger charge is -2.36. The van der Waals surface area contributed by atoms with E-state index in [0.717, 1.165) is 0 Å². The van der Waals surface area contributed by atoms with Gasteiger partial charge in [0.2, 0.25) is 0 Å². The van der Waals surface area contributed by atoms with Gasteiger partial charge in [0, 0.05) is 13.1 Å². The molecule has 2 amide bonds. The van der Waals surface area contributed by atoms with Crippen molar-refractivity contribution in [1.29, 1.82) is 0 Å². The lowest BCUT2D eigenvalue weighted by atomic mass is 9.82. The molecule has 1 aliphatic rings. The number of carbonyl (C=O) groups is 2. The Balaban J connectivity index is 2.71. The number of urea groups is 1. The molecule has 0 spiro atoms. The Kier molecular flexibility index (Phi) is 2.45. The van der Waals surface area contributed by atoms with Crippen LogP contribution in [0.3, 0.4) is 0 Å². The number of nitrogens with two attached hydrogens (primary N) is 1. The van der Waals surface area contributed by atoms with E-state index in [2.05, 4.69) is 0 Å². The highest BCUT2D eigenvalue weighted by Gasteiger charge is 2.38. The molecule has 1 atom stereocenters. The van der Waals surface area contributed by atoms with Crippen molar-refractivity contribution in [2.45, 2.75) is 19.8 Å². The molecule has 1 aliphatic heterocycles. The fraction of sp³-hybridized carbons (Fsp3) is 0.750. The van der Waals surface area contributed by atoms with Crippen molar-refractivity contribution in [3.63, 3.8) is 0 Å². The van der Waals surface area contributed by atoms with Gasteiger partial charge in [0.15, 0.2) is 0 Å². The van der Waals surface area contributed by atoms with Crippen LogP contribution >= 0.6 is 0 Å². The predicted molar refractivity (Wildman–Crippen MR) is 46.1 cm³/mol. The summed E-state index contributed by atoms with van der Waals surface area (Å²) in [4.78, 5) is 23.1. The Morgan fingerprint density at radius 3 is 2.62 bits per heavy atom. The van der Waals surface area contributed by atoms with Crippen LogP contribution in [0.1, 0.15) is 19.8 Å². The third-order valence-electron chi connectivity index (χ3n) is 2.52. The van der Waals surface area contributed by atoms with Gasteiger partial charge in [0.1, 0.15) is 0 Å². The van der Waals surface area contributed by atoms with Gasteiger partial charge in [0.05, 0.1) is 5.41 Å². The lowest BCUT2D eigenvalue weighted by molar-refractivity contribution is -0.150. The SMILES string of the molecule is CC1(C(=O)O)CCCN(C(N)=O)C1. The van der Waals surface area contributed by atoms with Crippen molar-refractivity contribution >= 4 is 12.0 Å². The van der Waals surface area contributed by atoms with Crippen LogP contribution in [0.25, 0.3) is 0 Å². The molecule has 74 valence electrons. The number of aliphatic carboxylic acids is 1. The molecule has 0 aromatic heterocycles. The second-order valence-corrected chi connectivity index (χ2v) is 3.73. The van der Waals surface area contributed by atoms with Gasteiger partial charge in [-0.15, -0.1) is 0 Å². The van der Waals surface area contributed by atoms with E-state index in [9.17, 15) is 9.59 Å². The molecule has 5 heteroatoms. The predicted octanol–water partition coefficient (Wildman–Crippen LogP) is 0.252. The summed E-state index contributed by atoms with van der Waals surface area (Å²) >= 11 is 0. The Labute approximate surface area is 76.5 Å². The smallest absolute Gasteiger partial charge is 0.314 e. The van der Waals surface area contributed by atoms with E-state index >= 15 is 0 Å². The first-order chi connectivity index (χ1) is 5.96. The minimum atomic E-state index is -0.863. The average molecular weight is 186 g/mol. The highest BCUT2D eigenvalue weighted by molar-refractivity contribution is 5.77. The number of piperidine rings is 1. The number of likely N-dealkylation sites (tertiary alicyclic amines) is 1. The van der Waals surface area contributed by atoms with Crippen LogP contribution < -0.4 is 5.73 Å². The van der Waals surface area contributed by atoms with Gasteiger partial charge in [-0.25, -0.2) is 4.79 Å². The van der Waals surface area contributed by atoms with Crippen molar-refractivity contribution in [1.82, 2.24) is 4.90 Å². The Bertz CT molecular complexity index is 242.